The summed E-state index contributed by atoms with van der Waals surface area (Å²) in [5, 5.41) is 0. The van der Waals surface area contributed by atoms with Gasteiger partial charge >= 0.3 is 0 Å². The third kappa shape index (κ3) is 12.7. The maximum absolute atomic E-state index is 4.68. The minimum absolute atomic E-state index is 1.05. The molecule has 0 aromatic heterocycles. The van der Waals surface area contributed by atoms with Crippen LogP contribution in [-0.2, 0) is 0 Å². The van der Waals surface area contributed by atoms with Crippen LogP contribution in [-0.4, -0.2) is 20.8 Å². The monoisotopic (exact) mass is 337 g/mol. The Bertz CT molecular complexity index is 292. The quantitative estimate of drug-likeness (QED) is 0.156. The van der Waals surface area contributed by atoms with Gasteiger partial charge in [-0.25, -0.2) is 0 Å². The first-order chi connectivity index (χ1) is 11.2. The second-order valence-electron chi connectivity index (χ2n) is 7.04. The topological polar surface area (TPSA) is 12.4 Å². The van der Waals surface area contributed by atoms with Gasteiger partial charge in [-0.1, -0.05) is 102 Å². The Morgan fingerprint density at radius 2 is 1.26 bits per heavy atom. The molecule has 0 amide bonds. The van der Waals surface area contributed by atoms with Crippen LogP contribution in [0.3, 0.4) is 0 Å². The maximum Gasteiger partial charge on any atom is 0.0820 e. The molecule has 0 rings (SSSR count). The standard InChI is InChI=1S/C21H43NSi/c1-5-9-10-11-12-13-14-15-16-17-18-22-19-21-23(7-3,8-4)20-6-2/h6,19-20H,5,7-18,21H2,1-4H3. The summed E-state index contributed by atoms with van der Waals surface area (Å²) in [4.78, 5) is 4.68. The number of hydrogen-bond acceptors (Lipinski definition) is 1. The summed E-state index contributed by atoms with van der Waals surface area (Å²) in [6, 6.07) is 3.93. The Labute approximate surface area is 148 Å². The molecule has 0 spiro atoms. The highest BCUT2D eigenvalue weighted by Crippen LogP contribution is 2.21. The molecule has 136 valence electrons. The lowest BCUT2D eigenvalue weighted by Gasteiger charge is -2.23. The van der Waals surface area contributed by atoms with Crippen molar-refractivity contribution in [2.45, 2.75) is 110 Å². The van der Waals surface area contributed by atoms with Crippen molar-refractivity contribution in [2.75, 3.05) is 6.54 Å². The fraction of sp³-hybridized carbons (Fsp3) is 0.857. The summed E-state index contributed by atoms with van der Waals surface area (Å²) in [5.74, 6) is 0. The van der Waals surface area contributed by atoms with Crippen molar-refractivity contribution in [3.63, 3.8) is 0 Å². The first kappa shape index (κ1) is 22.6. The van der Waals surface area contributed by atoms with E-state index in [0.29, 0.717) is 0 Å². The van der Waals surface area contributed by atoms with Gasteiger partial charge in [0, 0.05) is 6.54 Å². The molecule has 0 N–H and O–H groups in total. The van der Waals surface area contributed by atoms with Crippen LogP contribution in [0, 0.1) is 0 Å². The van der Waals surface area contributed by atoms with Crippen LogP contribution in [0.4, 0.5) is 0 Å². The molecular weight excluding hydrogens is 294 g/mol. The van der Waals surface area contributed by atoms with Gasteiger partial charge in [-0.15, -0.1) is 0 Å². The van der Waals surface area contributed by atoms with Crippen molar-refractivity contribution in [3.8, 4) is 0 Å². The number of unbranched alkanes of at least 4 members (excludes halogenated alkanes) is 9. The fourth-order valence-electron chi connectivity index (χ4n) is 3.22. The highest BCUT2D eigenvalue weighted by molar-refractivity contribution is 6.86. The van der Waals surface area contributed by atoms with Crippen LogP contribution < -0.4 is 0 Å². The molecule has 0 aliphatic carbocycles. The predicted octanol–water partition coefficient (Wildman–Crippen LogP) is 7.58. The van der Waals surface area contributed by atoms with E-state index in [2.05, 4.69) is 50.7 Å². The minimum Gasteiger partial charge on any atom is -0.298 e. The normalized spacial score (nSPS) is 12.7. The zero-order chi connectivity index (χ0) is 17.2. The van der Waals surface area contributed by atoms with E-state index in [-0.39, 0.29) is 0 Å². The molecule has 0 aliphatic rings. The number of rotatable bonds is 16. The average Bonchev–Trinajstić information content (AvgIpc) is 2.58. The lowest BCUT2D eigenvalue weighted by Crippen LogP contribution is -2.30. The summed E-state index contributed by atoms with van der Waals surface area (Å²) < 4.78 is 0. The van der Waals surface area contributed by atoms with Gasteiger partial charge < -0.3 is 0 Å². The van der Waals surface area contributed by atoms with E-state index in [1.165, 1.54) is 82.3 Å². The van der Waals surface area contributed by atoms with E-state index in [1.54, 1.807) is 0 Å². The summed E-state index contributed by atoms with van der Waals surface area (Å²) >= 11 is 0. The van der Waals surface area contributed by atoms with Crippen molar-refractivity contribution in [1.82, 2.24) is 0 Å². The number of allylic oxidation sites excluding steroid dienone is 1. The highest BCUT2D eigenvalue weighted by atomic mass is 28.3. The number of aliphatic imine (C=N–C) groups is 1. The van der Waals surface area contributed by atoms with Crippen molar-refractivity contribution < 1.29 is 0 Å². The molecule has 0 bridgehead atoms. The molecule has 23 heavy (non-hydrogen) atoms. The number of hydrogen-bond donors (Lipinski definition) is 0. The Morgan fingerprint density at radius 3 is 1.74 bits per heavy atom. The molecule has 0 saturated heterocycles. The van der Waals surface area contributed by atoms with E-state index in [4.69, 9.17) is 0 Å². The largest absolute Gasteiger partial charge is 0.298 e. The third-order valence-corrected chi connectivity index (χ3v) is 10.0. The number of nitrogens with zero attached hydrogens (tertiary/aromatic N) is 1. The summed E-state index contributed by atoms with van der Waals surface area (Å²) in [7, 11) is -1.17. The molecule has 0 atom stereocenters. The van der Waals surface area contributed by atoms with Crippen molar-refractivity contribution >= 4 is 14.3 Å². The van der Waals surface area contributed by atoms with E-state index in [0.717, 1.165) is 6.54 Å². The van der Waals surface area contributed by atoms with Crippen LogP contribution in [0.15, 0.2) is 16.8 Å². The van der Waals surface area contributed by atoms with Gasteiger partial charge in [0.2, 0.25) is 0 Å². The second-order valence-corrected chi connectivity index (χ2v) is 11.9. The van der Waals surface area contributed by atoms with Gasteiger partial charge in [-0.3, -0.25) is 4.99 Å². The van der Waals surface area contributed by atoms with Crippen molar-refractivity contribution in [1.29, 1.82) is 0 Å². The van der Waals surface area contributed by atoms with E-state index < -0.39 is 8.07 Å². The average molecular weight is 338 g/mol. The second kappa shape index (κ2) is 16.5. The Balaban J connectivity index is 3.53. The lowest BCUT2D eigenvalue weighted by atomic mass is 10.1. The van der Waals surface area contributed by atoms with E-state index in [9.17, 15) is 0 Å². The molecule has 2 heteroatoms. The zero-order valence-electron chi connectivity index (χ0n) is 16.6. The lowest BCUT2D eigenvalue weighted by molar-refractivity contribution is 0.558. The fourth-order valence-corrected chi connectivity index (χ4v) is 6.11. The van der Waals surface area contributed by atoms with Gasteiger partial charge in [-0.05, 0) is 25.6 Å². The van der Waals surface area contributed by atoms with Gasteiger partial charge in [0.1, 0.15) is 0 Å². The molecule has 0 aromatic carbocycles. The Morgan fingerprint density at radius 1 is 0.739 bits per heavy atom. The summed E-state index contributed by atoms with van der Waals surface area (Å²) in [6.07, 6.45) is 18.5. The van der Waals surface area contributed by atoms with Crippen LogP contribution >= 0.6 is 0 Å². The molecule has 0 aromatic rings. The summed E-state index contributed by atoms with van der Waals surface area (Å²) in [5.41, 5.74) is 2.51. The summed E-state index contributed by atoms with van der Waals surface area (Å²) in [6.45, 7) is 10.2. The van der Waals surface area contributed by atoms with Crippen LogP contribution in [0.2, 0.25) is 18.1 Å². The van der Waals surface area contributed by atoms with Gasteiger partial charge in [0.05, 0.1) is 8.07 Å². The first-order valence-electron chi connectivity index (χ1n) is 10.4. The maximum atomic E-state index is 4.68. The minimum atomic E-state index is -1.17. The van der Waals surface area contributed by atoms with Crippen LogP contribution in [0.25, 0.3) is 0 Å². The van der Waals surface area contributed by atoms with Crippen LogP contribution in [0.1, 0.15) is 91.9 Å². The molecule has 0 heterocycles. The molecular formula is C21H43NSi. The zero-order valence-corrected chi connectivity index (χ0v) is 17.6. The molecule has 0 radical (unpaired) electrons. The van der Waals surface area contributed by atoms with E-state index >= 15 is 0 Å². The van der Waals surface area contributed by atoms with Gasteiger partial charge in [-0.2, -0.15) is 0 Å². The first-order valence-corrected chi connectivity index (χ1v) is 13.1. The SMILES string of the molecule is CC=C[Si](CC)(CC)CC=NCCCCCCCCCCCC. The van der Waals surface area contributed by atoms with Gasteiger partial charge in [0.25, 0.3) is 0 Å². The van der Waals surface area contributed by atoms with Crippen molar-refractivity contribution in [3.05, 3.63) is 11.8 Å². The predicted molar refractivity (Wildman–Crippen MR) is 112 cm³/mol. The smallest absolute Gasteiger partial charge is 0.0820 e. The highest BCUT2D eigenvalue weighted by Gasteiger charge is 2.23. The van der Waals surface area contributed by atoms with Crippen LogP contribution in [0.5, 0.6) is 0 Å². The molecule has 0 unspecified atom stereocenters. The Kier molecular flexibility index (Phi) is 16.2. The molecule has 0 saturated carbocycles. The molecule has 0 aliphatic heterocycles. The Hall–Kier alpha value is -0.373. The third-order valence-electron chi connectivity index (χ3n) is 5.20. The van der Waals surface area contributed by atoms with Crippen molar-refractivity contribution in [2.24, 2.45) is 4.99 Å². The van der Waals surface area contributed by atoms with Gasteiger partial charge in [0.15, 0.2) is 0 Å². The van der Waals surface area contributed by atoms with E-state index in [1.807, 2.05) is 0 Å². The molecule has 1 nitrogen and oxygen atoms in total. The molecule has 0 fully saturated rings.